The highest BCUT2D eigenvalue weighted by Crippen LogP contribution is 2.39. The third kappa shape index (κ3) is 4.28. The minimum Gasteiger partial charge on any atom is -0.338 e. The Morgan fingerprint density at radius 1 is 0.759 bits per heavy atom. The molecule has 1 aliphatic rings. The second-order valence-corrected chi connectivity index (χ2v) is 7.65. The zero-order valence-electron chi connectivity index (χ0n) is 16.4. The molecule has 1 saturated heterocycles. The molecule has 0 atom stereocenters. The van der Waals surface area contributed by atoms with E-state index in [0.717, 1.165) is 25.0 Å². The molecule has 0 spiro atoms. The molecule has 2 aromatic rings. The van der Waals surface area contributed by atoms with Gasteiger partial charge in [-0.1, -0.05) is 42.5 Å². The number of carbonyl (C=O) groups excluding carboxylic acids is 2. The van der Waals surface area contributed by atoms with E-state index in [1.807, 2.05) is 42.5 Å². The standard InChI is InChI=1S/C22H23F3N2O2/c1-21(2,22(23,24)25)20(29)27-14-12-26(13-15-27)19(28)18-10-8-17(9-11-18)16-6-4-3-5-7-16/h3-11H,12-15H2,1-2H3. The van der Waals surface area contributed by atoms with Gasteiger partial charge in [0, 0.05) is 31.7 Å². The molecule has 0 N–H and O–H groups in total. The highest BCUT2D eigenvalue weighted by molar-refractivity contribution is 5.95. The number of amides is 2. The van der Waals surface area contributed by atoms with Crippen LogP contribution in [0.15, 0.2) is 54.6 Å². The van der Waals surface area contributed by atoms with Gasteiger partial charge in [-0.15, -0.1) is 0 Å². The van der Waals surface area contributed by atoms with Crippen molar-refractivity contribution in [3.05, 3.63) is 60.2 Å². The van der Waals surface area contributed by atoms with Crippen LogP contribution >= 0.6 is 0 Å². The summed E-state index contributed by atoms with van der Waals surface area (Å²) in [5.74, 6) is -1.14. The van der Waals surface area contributed by atoms with Crippen molar-refractivity contribution in [1.29, 1.82) is 0 Å². The largest absolute Gasteiger partial charge is 0.402 e. The summed E-state index contributed by atoms with van der Waals surface area (Å²) in [6.45, 7) is 2.37. The van der Waals surface area contributed by atoms with Gasteiger partial charge in [-0.05, 0) is 37.1 Å². The first kappa shape index (κ1) is 20.9. The molecule has 2 aromatic carbocycles. The molecular formula is C22H23F3N2O2. The van der Waals surface area contributed by atoms with Crippen LogP contribution < -0.4 is 0 Å². The Morgan fingerprint density at radius 2 is 1.24 bits per heavy atom. The molecule has 0 aliphatic carbocycles. The average Bonchev–Trinajstić information content (AvgIpc) is 2.73. The normalized spacial score (nSPS) is 15.3. The Hall–Kier alpha value is -2.83. The van der Waals surface area contributed by atoms with Crippen molar-refractivity contribution in [2.45, 2.75) is 20.0 Å². The fourth-order valence-electron chi connectivity index (χ4n) is 3.25. The number of hydrogen-bond donors (Lipinski definition) is 0. The molecule has 1 aliphatic heterocycles. The second-order valence-electron chi connectivity index (χ2n) is 7.65. The smallest absolute Gasteiger partial charge is 0.338 e. The van der Waals surface area contributed by atoms with Gasteiger partial charge in [0.05, 0.1) is 0 Å². The zero-order valence-corrected chi connectivity index (χ0v) is 16.4. The molecule has 0 bridgehead atoms. The average molecular weight is 404 g/mol. The van der Waals surface area contributed by atoms with Crippen molar-refractivity contribution in [1.82, 2.24) is 9.80 Å². The molecule has 29 heavy (non-hydrogen) atoms. The minimum atomic E-state index is -4.61. The summed E-state index contributed by atoms with van der Waals surface area (Å²) in [6, 6.07) is 17.0. The molecular weight excluding hydrogens is 381 g/mol. The number of benzene rings is 2. The van der Waals surface area contributed by atoms with Crippen molar-refractivity contribution in [2.75, 3.05) is 26.2 Å². The van der Waals surface area contributed by atoms with Crippen molar-refractivity contribution in [3.8, 4) is 11.1 Å². The van der Waals surface area contributed by atoms with Crippen LogP contribution in [0.25, 0.3) is 11.1 Å². The van der Waals surface area contributed by atoms with Crippen LogP contribution in [-0.4, -0.2) is 54.0 Å². The van der Waals surface area contributed by atoms with Gasteiger partial charge in [-0.2, -0.15) is 13.2 Å². The maximum absolute atomic E-state index is 13.1. The number of carbonyl (C=O) groups is 2. The third-order valence-corrected chi connectivity index (χ3v) is 5.34. The molecule has 0 unspecified atom stereocenters. The van der Waals surface area contributed by atoms with E-state index in [1.165, 1.54) is 4.90 Å². The Bertz CT molecular complexity index is 869. The number of rotatable bonds is 3. The molecule has 3 rings (SSSR count). The maximum atomic E-state index is 13.1. The Morgan fingerprint density at radius 3 is 1.76 bits per heavy atom. The number of alkyl halides is 3. The van der Waals surface area contributed by atoms with Gasteiger partial charge in [0.1, 0.15) is 5.41 Å². The summed E-state index contributed by atoms with van der Waals surface area (Å²) in [6.07, 6.45) is -4.61. The van der Waals surface area contributed by atoms with Gasteiger partial charge in [-0.3, -0.25) is 9.59 Å². The summed E-state index contributed by atoms with van der Waals surface area (Å²) < 4.78 is 39.3. The zero-order chi connectivity index (χ0) is 21.2. The molecule has 154 valence electrons. The van der Waals surface area contributed by atoms with Crippen LogP contribution in [0.5, 0.6) is 0 Å². The molecule has 0 saturated carbocycles. The summed E-state index contributed by atoms with van der Waals surface area (Å²) in [4.78, 5) is 27.8. The molecule has 0 aromatic heterocycles. The second kappa shape index (κ2) is 7.89. The van der Waals surface area contributed by atoms with Gasteiger partial charge >= 0.3 is 6.18 Å². The lowest BCUT2D eigenvalue weighted by Crippen LogP contribution is -2.56. The monoisotopic (exact) mass is 404 g/mol. The Labute approximate surface area is 167 Å². The lowest BCUT2D eigenvalue weighted by atomic mass is 9.90. The van der Waals surface area contributed by atoms with E-state index in [9.17, 15) is 22.8 Å². The molecule has 1 fully saturated rings. The Balaban J connectivity index is 1.62. The van der Waals surface area contributed by atoms with Crippen LogP contribution in [-0.2, 0) is 4.79 Å². The lowest BCUT2D eigenvalue weighted by Gasteiger charge is -2.39. The third-order valence-electron chi connectivity index (χ3n) is 5.34. The number of nitrogens with zero attached hydrogens (tertiary/aromatic N) is 2. The van der Waals surface area contributed by atoms with Gasteiger partial charge < -0.3 is 9.80 Å². The van der Waals surface area contributed by atoms with Crippen molar-refractivity contribution in [2.24, 2.45) is 5.41 Å². The fraction of sp³-hybridized carbons (Fsp3) is 0.364. The summed E-state index contributed by atoms with van der Waals surface area (Å²) in [7, 11) is 0. The number of hydrogen-bond acceptors (Lipinski definition) is 2. The van der Waals surface area contributed by atoms with E-state index in [-0.39, 0.29) is 32.1 Å². The molecule has 2 amide bonds. The quantitative estimate of drug-likeness (QED) is 0.768. The maximum Gasteiger partial charge on any atom is 0.402 e. The van der Waals surface area contributed by atoms with Crippen LogP contribution in [0.3, 0.4) is 0 Å². The fourth-order valence-corrected chi connectivity index (χ4v) is 3.25. The van der Waals surface area contributed by atoms with Crippen LogP contribution in [0.1, 0.15) is 24.2 Å². The van der Waals surface area contributed by atoms with E-state index in [0.29, 0.717) is 5.56 Å². The van der Waals surface area contributed by atoms with Crippen LogP contribution in [0, 0.1) is 5.41 Å². The van der Waals surface area contributed by atoms with E-state index < -0.39 is 17.5 Å². The van der Waals surface area contributed by atoms with Gasteiger partial charge in [0.2, 0.25) is 5.91 Å². The lowest BCUT2D eigenvalue weighted by molar-refractivity contribution is -0.217. The SMILES string of the molecule is CC(C)(C(=O)N1CCN(C(=O)c2ccc(-c3ccccc3)cc2)CC1)C(F)(F)F. The first-order valence-corrected chi connectivity index (χ1v) is 9.42. The van der Waals surface area contributed by atoms with Crippen LogP contribution in [0.4, 0.5) is 13.2 Å². The highest BCUT2D eigenvalue weighted by Gasteiger charge is 2.54. The van der Waals surface area contributed by atoms with E-state index in [2.05, 4.69) is 0 Å². The molecule has 1 heterocycles. The number of piperazine rings is 1. The van der Waals surface area contributed by atoms with Crippen molar-refractivity contribution < 1.29 is 22.8 Å². The summed E-state index contributed by atoms with van der Waals surface area (Å²) in [5, 5.41) is 0. The van der Waals surface area contributed by atoms with Gasteiger partial charge in [-0.25, -0.2) is 0 Å². The Kier molecular flexibility index (Phi) is 5.68. The van der Waals surface area contributed by atoms with E-state index >= 15 is 0 Å². The summed E-state index contributed by atoms with van der Waals surface area (Å²) >= 11 is 0. The molecule has 0 radical (unpaired) electrons. The van der Waals surface area contributed by atoms with Crippen molar-refractivity contribution >= 4 is 11.8 Å². The molecule has 7 heteroatoms. The van der Waals surface area contributed by atoms with Crippen molar-refractivity contribution in [3.63, 3.8) is 0 Å². The molecule has 4 nitrogen and oxygen atoms in total. The number of halogens is 3. The first-order valence-electron chi connectivity index (χ1n) is 9.42. The first-order chi connectivity index (χ1) is 13.6. The topological polar surface area (TPSA) is 40.6 Å². The van der Waals surface area contributed by atoms with Gasteiger partial charge in [0.15, 0.2) is 0 Å². The van der Waals surface area contributed by atoms with E-state index in [1.54, 1.807) is 17.0 Å². The van der Waals surface area contributed by atoms with Gasteiger partial charge in [0.25, 0.3) is 5.91 Å². The summed E-state index contributed by atoms with van der Waals surface area (Å²) in [5.41, 5.74) is 0.116. The highest BCUT2D eigenvalue weighted by atomic mass is 19.4. The van der Waals surface area contributed by atoms with Crippen LogP contribution in [0.2, 0.25) is 0 Å². The predicted octanol–water partition coefficient (Wildman–Crippen LogP) is 4.23. The predicted molar refractivity (Wildman–Crippen MR) is 104 cm³/mol. The van der Waals surface area contributed by atoms with E-state index in [4.69, 9.17) is 0 Å². The minimum absolute atomic E-state index is 0.0895.